The van der Waals surface area contributed by atoms with E-state index in [1.807, 2.05) is 58.0 Å². The van der Waals surface area contributed by atoms with Gasteiger partial charge in [-0.25, -0.2) is 9.59 Å². The number of hydrogen-bond acceptors (Lipinski definition) is 9. The summed E-state index contributed by atoms with van der Waals surface area (Å²) >= 11 is 0. The van der Waals surface area contributed by atoms with E-state index in [1.54, 1.807) is 13.0 Å². The van der Waals surface area contributed by atoms with Crippen LogP contribution in [-0.4, -0.2) is 68.7 Å². The lowest BCUT2D eigenvalue weighted by Crippen LogP contribution is -2.78. The van der Waals surface area contributed by atoms with Gasteiger partial charge in [-0.3, -0.25) is 4.79 Å². The zero-order chi connectivity index (χ0) is 35.3. The molecule has 0 spiro atoms. The van der Waals surface area contributed by atoms with Crippen molar-refractivity contribution in [3.05, 3.63) is 59.2 Å². The van der Waals surface area contributed by atoms with E-state index in [1.165, 1.54) is 19.1 Å². The lowest BCUT2D eigenvalue weighted by atomic mass is 9.42. The van der Waals surface area contributed by atoms with Crippen molar-refractivity contribution in [3.63, 3.8) is 0 Å². The van der Waals surface area contributed by atoms with Gasteiger partial charge in [-0.1, -0.05) is 56.2 Å². The molecule has 1 unspecified atom stereocenters. The molecule has 5 rings (SSSR count). The van der Waals surface area contributed by atoms with Crippen molar-refractivity contribution in [1.82, 2.24) is 0 Å². The summed E-state index contributed by atoms with van der Waals surface area (Å²) in [4.78, 5) is 39.3. The highest BCUT2D eigenvalue weighted by molar-refractivity contribution is 5.88. The van der Waals surface area contributed by atoms with Crippen molar-refractivity contribution in [3.8, 4) is 5.75 Å². The average molecular weight is 665 g/mol. The lowest BCUT2D eigenvalue weighted by molar-refractivity contribution is -0.314. The fourth-order valence-electron chi connectivity index (χ4n) is 9.25. The Bertz CT molecular complexity index is 1540. The fraction of sp³-hybridized carbons (Fsp3) is 0.615. The maximum absolute atomic E-state index is 13.3. The van der Waals surface area contributed by atoms with Crippen molar-refractivity contribution in [2.75, 3.05) is 6.61 Å². The van der Waals surface area contributed by atoms with E-state index in [4.69, 9.17) is 14.2 Å². The number of allylic oxidation sites excluding steroid dienone is 1. The number of fused-ring (bicyclic) bond motifs is 5. The van der Waals surface area contributed by atoms with Gasteiger partial charge in [-0.05, 0) is 89.7 Å². The highest BCUT2D eigenvalue weighted by atomic mass is 16.6. The number of Topliss-reactive ketones (excluding diaryl/α,β-unsaturated/α-hetero) is 1. The van der Waals surface area contributed by atoms with E-state index in [2.05, 4.69) is 6.92 Å². The number of ketones is 1. The third-order valence-electron chi connectivity index (χ3n) is 12.5. The van der Waals surface area contributed by atoms with Gasteiger partial charge in [0.15, 0.2) is 5.78 Å². The van der Waals surface area contributed by atoms with Crippen molar-refractivity contribution >= 4 is 23.8 Å². The molecule has 4 aliphatic rings. The summed E-state index contributed by atoms with van der Waals surface area (Å²) in [7, 11) is 0. The molecule has 0 heterocycles. The smallest absolute Gasteiger partial charge is 0.331 e. The number of carbonyl (C=O) groups excluding carboxylic acids is 3. The van der Waals surface area contributed by atoms with Crippen LogP contribution >= 0.6 is 0 Å². The molecule has 1 aromatic carbocycles. The zero-order valence-corrected chi connectivity index (χ0v) is 29.4. The summed E-state index contributed by atoms with van der Waals surface area (Å²) in [6, 6.07) is 7.46. The van der Waals surface area contributed by atoms with Crippen molar-refractivity contribution in [1.29, 1.82) is 0 Å². The van der Waals surface area contributed by atoms with Gasteiger partial charge in [-0.15, -0.1) is 0 Å². The van der Waals surface area contributed by atoms with Gasteiger partial charge in [0.1, 0.15) is 34.8 Å². The van der Waals surface area contributed by atoms with Crippen molar-refractivity contribution in [2.24, 2.45) is 22.7 Å². The van der Waals surface area contributed by atoms with Gasteiger partial charge in [0.2, 0.25) is 0 Å². The summed E-state index contributed by atoms with van der Waals surface area (Å²) in [5.41, 5.74) is -5.31. The minimum absolute atomic E-state index is 0.0280. The second-order valence-corrected chi connectivity index (χ2v) is 15.1. The van der Waals surface area contributed by atoms with Gasteiger partial charge in [0, 0.05) is 30.1 Å². The van der Waals surface area contributed by atoms with E-state index < -0.39 is 57.4 Å². The Morgan fingerprint density at radius 2 is 1.71 bits per heavy atom. The minimum Gasteiger partial charge on any atom is -0.493 e. The van der Waals surface area contributed by atoms with Gasteiger partial charge < -0.3 is 29.5 Å². The number of esters is 2. The molecule has 0 bridgehead atoms. The number of ether oxygens (including phenoxy) is 3. The van der Waals surface area contributed by atoms with E-state index in [9.17, 15) is 29.7 Å². The summed E-state index contributed by atoms with van der Waals surface area (Å²) in [6.45, 7) is 13.1. The molecule has 0 radical (unpaired) electrons. The van der Waals surface area contributed by atoms with Gasteiger partial charge >= 0.3 is 11.9 Å². The SMILES string of the molecule is CCOc1ccccc1/C=C/C(=O)O[C@H]1CC[C@@]2(C)C(=CC[C@]3(O)C2C[C@@H](OC(=O)/C=C(\C)C(C)C)[C@@]2(C)[C@]3(O)CC[C@@]2(O)C(C)=O)C1. The van der Waals surface area contributed by atoms with Crippen LogP contribution in [0.5, 0.6) is 5.75 Å². The molecule has 4 aliphatic carbocycles. The molecule has 3 saturated carbocycles. The molecule has 9 nitrogen and oxygen atoms in total. The highest BCUT2D eigenvalue weighted by Gasteiger charge is 2.81. The molecule has 0 amide bonds. The van der Waals surface area contributed by atoms with E-state index in [0.29, 0.717) is 31.6 Å². The Kier molecular flexibility index (Phi) is 9.67. The molecular weight excluding hydrogens is 612 g/mol. The molecular formula is C39H52O9. The van der Waals surface area contributed by atoms with E-state index in [-0.39, 0.29) is 37.7 Å². The van der Waals surface area contributed by atoms with Crippen LogP contribution in [0.15, 0.2) is 53.6 Å². The standard InChI is InChI=1S/C39H52O9/c1-8-46-30-12-10-9-11-27(30)13-14-33(41)47-29-16-17-35(6)28(22-29)15-18-38(44)31(35)23-32(48-34(42)21-25(4)24(2)3)36(7)37(43,26(5)40)19-20-39(36,38)45/h9-15,21,24,29,31-32,43-45H,8,16-20,22-23H2,1-7H3/b14-13+,25-21+/t29-,31?,32+,35-,36+,37+,38-,39+/m0/s1. The first-order valence-electron chi connectivity index (χ1n) is 17.3. The number of rotatable bonds is 9. The Morgan fingerprint density at radius 1 is 1.00 bits per heavy atom. The van der Waals surface area contributed by atoms with Crippen molar-refractivity contribution < 1.29 is 43.9 Å². The second kappa shape index (κ2) is 12.9. The predicted molar refractivity (Wildman–Crippen MR) is 181 cm³/mol. The Balaban J connectivity index is 1.43. The maximum Gasteiger partial charge on any atom is 0.331 e. The molecule has 262 valence electrons. The molecule has 48 heavy (non-hydrogen) atoms. The number of aliphatic hydroxyl groups is 3. The summed E-state index contributed by atoms with van der Waals surface area (Å²) in [5, 5.41) is 37.2. The predicted octanol–water partition coefficient (Wildman–Crippen LogP) is 5.65. The molecule has 1 aromatic rings. The van der Waals surface area contributed by atoms with Crippen LogP contribution in [0.25, 0.3) is 6.08 Å². The number of carbonyl (C=O) groups is 3. The third-order valence-corrected chi connectivity index (χ3v) is 12.5. The summed E-state index contributed by atoms with van der Waals surface area (Å²) in [5.74, 6) is -1.37. The minimum atomic E-state index is -2.00. The molecule has 0 saturated heterocycles. The Morgan fingerprint density at radius 3 is 2.38 bits per heavy atom. The Labute approximate surface area is 284 Å². The summed E-state index contributed by atoms with van der Waals surface area (Å²) < 4.78 is 17.7. The maximum atomic E-state index is 13.3. The van der Waals surface area contributed by atoms with Crippen LogP contribution < -0.4 is 4.74 Å². The molecule has 0 aromatic heterocycles. The van der Waals surface area contributed by atoms with Gasteiger partial charge in [-0.2, -0.15) is 0 Å². The first kappa shape index (κ1) is 36.0. The number of para-hydroxylation sites is 1. The second-order valence-electron chi connectivity index (χ2n) is 15.1. The van der Waals surface area contributed by atoms with E-state index >= 15 is 0 Å². The van der Waals surface area contributed by atoms with Crippen LogP contribution in [0.4, 0.5) is 0 Å². The van der Waals surface area contributed by atoms with Gasteiger partial charge in [0.05, 0.1) is 12.0 Å². The monoisotopic (exact) mass is 664 g/mol. The average Bonchev–Trinajstić information content (AvgIpc) is 3.26. The molecule has 3 fully saturated rings. The molecule has 8 atom stereocenters. The topological polar surface area (TPSA) is 140 Å². The molecule has 0 aliphatic heterocycles. The van der Waals surface area contributed by atoms with Crippen LogP contribution in [0.3, 0.4) is 0 Å². The largest absolute Gasteiger partial charge is 0.493 e. The van der Waals surface area contributed by atoms with Crippen LogP contribution in [0.2, 0.25) is 0 Å². The summed E-state index contributed by atoms with van der Waals surface area (Å²) in [6.07, 6.45) is 6.71. The highest BCUT2D eigenvalue weighted by Crippen LogP contribution is 2.71. The lowest BCUT2D eigenvalue weighted by Gasteiger charge is -2.67. The molecule has 3 N–H and O–H groups in total. The normalized spacial score (nSPS) is 37.7. The van der Waals surface area contributed by atoms with Crippen LogP contribution in [0, 0.1) is 22.7 Å². The fourth-order valence-corrected chi connectivity index (χ4v) is 9.25. The quantitative estimate of drug-likeness (QED) is 0.174. The van der Waals surface area contributed by atoms with Crippen LogP contribution in [-0.2, 0) is 23.9 Å². The Hall–Kier alpha value is -3.27. The first-order chi connectivity index (χ1) is 22.5. The molecule has 9 heteroatoms. The number of hydrogen-bond donors (Lipinski definition) is 3. The van der Waals surface area contributed by atoms with Crippen molar-refractivity contribution in [2.45, 2.75) is 122 Å². The third kappa shape index (κ3) is 5.56. The first-order valence-corrected chi connectivity index (χ1v) is 17.3. The number of benzene rings is 1. The van der Waals surface area contributed by atoms with E-state index in [0.717, 1.165) is 16.7 Å². The zero-order valence-electron chi connectivity index (χ0n) is 29.4. The van der Waals surface area contributed by atoms with Crippen LogP contribution in [0.1, 0.15) is 99.0 Å². The van der Waals surface area contributed by atoms with Gasteiger partial charge in [0.25, 0.3) is 0 Å².